The van der Waals surface area contributed by atoms with E-state index in [-0.39, 0.29) is 12.0 Å². The van der Waals surface area contributed by atoms with Crippen LogP contribution in [-0.2, 0) is 6.18 Å². The number of benzene rings is 2. The standard InChI is InChI=1S/C28H30F3N7/c1-18(19-6-3-2-4-7-19)34-27-33-13-10-23(35-27)25-24(21-8-5-9-22(16-21)28(29,30)31)36-26(37-25)20-11-14-38(17-32)15-12-20/h2-10,13,16,18,20H,11-12,14-15,17,32H2,1H3,(H,36,37)(H,33,34,35)/t18-/m1/s1. The minimum atomic E-state index is -4.45. The number of rotatable bonds is 7. The van der Waals surface area contributed by atoms with Crippen LogP contribution in [0, 0.1) is 0 Å². The number of alkyl halides is 3. The van der Waals surface area contributed by atoms with Crippen molar-refractivity contribution < 1.29 is 13.2 Å². The zero-order valence-corrected chi connectivity index (χ0v) is 21.0. The smallest absolute Gasteiger partial charge is 0.348 e. The number of nitrogens with zero attached hydrogens (tertiary/aromatic N) is 4. The molecule has 1 aliphatic heterocycles. The summed E-state index contributed by atoms with van der Waals surface area (Å²) in [6, 6.07) is 16.9. The molecule has 2 aromatic heterocycles. The molecule has 5 rings (SSSR count). The van der Waals surface area contributed by atoms with E-state index >= 15 is 0 Å². The van der Waals surface area contributed by atoms with E-state index in [0.29, 0.717) is 35.3 Å². The summed E-state index contributed by atoms with van der Waals surface area (Å²) in [5.74, 6) is 1.31. The monoisotopic (exact) mass is 521 g/mol. The van der Waals surface area contributed by atoms with Crippen LogP contribution in [0.15, 0.2) is 66.9 Å². The predicted molar refractivity (Wildman–Crippen MR) is 141 cm³/mol. The number of nitrogens with two attached hydrogens (primary N) is 1. The van der Waals surface area contributed by atoms with Crippen molar-refractivity contribution in [1.29, 1.82) is 0 Å². The number of hydrogen-bond acceptors (Lipinski definition) is 6. The number of aromatic nitrogens is 4. The van der Waals surface area contributed by atoms with Crippen molar-refractivity contribution in [2.45, 2.75) is 37.9 Å². The predicted octanol–water partition coefficient (Wildman–Crippen LogP) is 5.82. The van der Waals surface area contributed by atoms with Crippen molar-refractivity contribution in [2.24, 2.45) is 5.73 Å². The lowest BCUT2D eigenvalue weighted by molar-refractivity contribution is -0.137. The van der Waals surface area contributed by atoms with Gasteiger partial charge in [-0.15, -0.1) is 0 Å². The second-order valence-electron chi connectivity index (χ2n) is 9.54. The highest BCUT2D eigenvalue weighted by Crippen LogP contribution is 2.37. The fourth-order valence-electron chi connectivity index (χ4n) is 4.80. The van der Waals surface area contributed by atoms with E-state index in [1.54, 1.807) is 18.3 Å². The van der Waals surface area contributed by atoms with Crippen molar-refractivity contribution >= 4 is 5.95 Å². The van der Waals surface area contributed by atoms with Crippen molar-refractivity contribution in [3.63, 3.8) is 0 Å². The maximum atomic E-state index is 13.5. The van der Waals surface area contributed by atoms with Crippen molar-refractivity contribution in [3.8, 4) is 22.6 Å². The quantitative estimate of drug-likeness (QED) is 0.284. The fraction of sp³-hybridized carbons (Fsp3) is 0.321. The van der Waals surface area contributed by atoms with E-state index in [2.05, 4.69) is 20.2 Å². The molecular formula is C28H30F3N7. The Kier molecular flexibility index (Phi) is 7.44. The molecule has 0 amide bonds. The zero-order valence-electron chi connectivity index (χ0n) is 21.0. The van der Waals surface area contributed by atoms with E-state index in [1.165, 1.54) is 6.07 Å². The lowest BCUT2D eigenvalue weighted by Gasteiger charge is -2.29. The van der Waals surface area contributed by atoms with Gasteiger partial charge >= 0.3 is 6.18 Å². The van der Waals surface area contributed by atoms with Gasteiger partial charge in [-0.05, 0) is 43.5 Å². The Balaban J connectivity index is 1.52. The fourth-order valence-corrected chi connectivity index (χ4v) is 4.80. The summed E-state index contributed by atoms with van der Waals surface area (Å²) in [4.78, 5) is 19.5. The number of piperidine rings is 1. The van der Waals surface area contributed by atoms with Crippen LogP contribution in [0.25, 0.3) is 22.6 Å². The molecule has 0 aliphatic carbocycles. The average molecular weight is 522 g/mol. The lowest BCUT2D eigenvalue weighted by atomic mass is 9.96. The van der Waals surface area contributed by atoms with E-state index in [1.807, 2.05) is 37.3 Å². The van der Waals surface area contributed by atoms with Crippen LogP contribution in [0.4, 0.5) is 19.1 Å². The molecule has 1 atom stereocenters. The third-order valence-corrected chi connectivity index (χ3v) is 6.97. The van der Waals surface area contributed by atoms with Gasteiger partial charge < -0.3 is 16.0 Å². The van der Waals surface area contributed by atoms with Gasteiger partial charge in [0.2, 0.25) is 5.95 Å². The van der Waals surface area contributed by atoms with Gasteiger partial charge in [-0.3, -0.25) is 4.90 Å². The normalized spacial score (nSPS) is 15.9. The number of nitrogens with one attached hydrogen (secondary N) is 2. The number of aromatic amines is 1. The zero-order chi connectivity index (χ0) is 26.7. The lowest BCUT2D eigenvalue weighted by Crippen LogP contribution is -2.37. The molecule has 0 unspecified atom stereocenters. The SMILES string of the molecule is C[C@@H](Nc1nccc(-c2[nH]c(C3CCN(CN)CC3)nc2-c2cccc(C(F)(F)F)c2)n1)c1ccccc1. The Hall–Kier alpha value is -3.76. The number of anilines is 1. The van der Waals surface area contributed by atoms with E-state index in [9.17, 15) is 13.2 Å². The van der Waals surface area contributed by atoms with E-state index < -0.39 is 11.7 Å². The summed E-state index contributed by atoms with van der Waals surface area (Å²) in [6.07, 6.45) is -1.10. The maximum Gasteiger partial charge on any atom is 0.416 e. The third-order valence-electron chi connectivity index (χ3n) is 6.97. The summed E-state index contributed by atoms with van der Waals surface area (Å²) >= 11 is 0. The van der Waals surface area contributed by atoms with Gasteiger partial charge in [-0.2, -0.15) is 13.2 Å². The molecule has 0 bridgehead atoms. The van der Waals surface area contributed by atoms with Crippen LogP contribution >= 0.6 is 0 Å². The highest BCUT2D eigenvalue weighted by atomic mass is 19.4. The molecule has 0 saturated carbocycles. The Morgan fingerprint density at radius 3 is 2.53 bits per heavy atom. The molecular weight excluding hydrogens is 491 g/mol. The number of halogens is 3. The van der Waals surface area contributed by atoms with Crippen LogP contribution < -0.4 is 11.1 Å². The van der Waals surface area contributed by atoms with Crippen LogP contribution in [0.1, 0.15) is 48.7 Å². The minimum absolute atomic E-state index is 0.0422. The highest BCUT2D eigenvalue weighted by Gasteiger charge is 2.31. The van der Waals surface area contributed by atoms with Crippen LogP contribution in [-0.4, -0.2) is 44.6 Å². The van der Waals surface area contributed by atoms with Crippen molar-refractivity contribution in [3.05, 3.63) is 83.8 Å². The second kappa shape index (κ2) is 10.9. The summed E-state index contributed by atoms with van der Waals surface area (Å²) in [7, 11) is 0. The van der Waals surface area contributed by atoms with E-state index in [0.717, 1.165) is 49.5 Å². The molecule has 4 N–H and O–H groups in total. The van der Waals surface area contributed by atoms with Gasteiger partial charge in [0.05, 0.1) is 28.7 Å². The van der Waals surface area contributed by atoms with Gasteiger partial charge in [0.1, 0.15) is 5.82 Å². The molecule has 10 heteroatoms. The van der Waals surface area contributed by atoms with Crippen LogP contribution in [0.3, 0.4) is 0 Å². The molecule has 2 aromatic carbocycles. The first-order valence-corrected chi connectivity index (χ1v) is 12.7. The Morgan fingerprint density at radius 1 is 1.05 bits per heavy atom. The molecule has 7 nitrogen and oxygen atoms in total. The molecule has 0 radical (unpaired) electrons. The van der Waals surface area contributed by atoms with Gasteiger partial charge in [-0.1, -0.05) is 42.5 Å². The number of hydrogen-bond donors (Lipinski definition) is 3. The Bertz CT molecular complexity index is 1360. The number of likely N-dealkylation sites (tertiary alicyclic amines) is 1. The summed E-state index contributed by atoms with van der Waals surface area (Å²) in [6.45, 7) is 4.20. The Labute approximate surface area is 219 Å². The highest BCUT2D eigenvalue weighted by molar-refractivity contribution is 5.77. The largest absolute Gasteiger partial charge is 0.416 e. The third kappa shape index (κ3) is 5.71. The van der Waals surface area contributed by atoms with E-state index in [4.69, 9.17) is 15.7 Å². The summed E-state index contributed by atoms with van der Waals surface area (Å²) in [5, 5.41) is 3.32. The first-order valence-electron chi connectivity index (χ1n) is 12.7. The minimum Gasteiger partial charge on any atom is -0.348 e. The molecule has 0 spiro atoms. The topological polar surface area (TPSA) is 95.8 Å². The second-order valence-corrected chi connectivity index (χ2v) is 9.54. The summed E-state index contributed by atoms with van der Waals surface area (Å²) < 4.78 is 40.5. The molecule has 198 valence electrons. The first kappa shape index (κ1) is 25.9. The van der Waals surface area contributed by atoms with Gasteiger partial charge in [0.25, 0.3) is 0 Å². The number of H-pyrrole nitrogens is 1. The van der Waals surface area contributed by atoms with Crippen LogP contribution in [0.5, 0.6) is 0 Å². The summed E-state index contributed by atoms with van der Waals surface area (Å²) in [5.41, 5.74) is 8.09. The molecule has 38 heavy (non-hydrogen) atoms. The van der Waals surface area contributed by atoms with Crippen molar-refractivity contribution in [2.75, 3.05) is 25.1 Å². The van der Waals surface area contributed by atoms with Crippen LogP contribution in [0.2, 0.25) is 0 Å². The molecule has 1 saturated heterocycles. The van der Waals surface area contributed by atoms with Gasteiger partial charge in [0, 0.05) is 37.4 Å². The molecule has 3 heterocycles. The first-order chi connectivity index (χ1) is 18.3. The van der Waals surface area contributed by atoms with Crippen molar-refractivity contribution in [1.82, 2.24) is 24.8 Å². The molecule has 1 aliphatic rings. The van der Waals surface area contributed by atoms with Gasteiger partial charge in [0.15, 0.2) is 0 Å². The molecule has 4 aromatic rings. The average Bonchev–Trinajstić information content (AvgIpc) is 3.39. The maximum absolute atomic E-state index is 13.5. The molecule has 1 fully saturated rings. The number of imidazole rings is 1. The Morgan fingerprint density at radius 2 is 1.82 bits per heavy atom. The van der Waals surface area contributed by atoms with Gasteiger partial charge in [-0.25, -0.2) is 15.0 Å².